The molecule has 1 aliphatic carbocycles. The number of hydrogen-bond acceptors (Lipinski definition) is 5. The predicted molar refractivity (Wildman–Crippen MR) is 158 cm³/mol. The molecule has 1 amide bonds. The molecule has 0 radical (unpaired) electrons. The van der Waals surface area contributed by atoms with Gasteiger partial charge in [0.25, 0.3) is 5.91 Å². The van der Waals surface area contributed by atoms with Crippen molar-refractivity contribution in [3.8, 4) is 0 Å². The highest BCUT2D eigenvalue weighted by Gasteiger charge is 2.32. The zero-order valence-electron chi connectivity index (χ0n) is 23.2. The first-order valence-corrected chi connectivity index (χ1v) is 13.7. The third kappa shape index (κ3) is 8.52. The maximum absolute atomic E-state index is 13.3. The Hall–Kier alpha value is -3.95. The molecule has 1 unspecified atom stereocenters. The monoisotopic (exact) mass is 563 g/mol. The molecule has 216 valence electrons. The fourth-order valence-corrected chi connectivity index (χ4v) is 4.39. The van der Waals surface area contributed by atoms with Crippen LogP contribution in [0.4, 0.5) is 24.5 Å². The van der Waals surface area contributed by atoms with Gasteiger partial charge in [0.05, 0.1) is 11.7 Å². The van der Waals surface area contributed by atoms with Crippen LogP contribution < -0.4 is 22.1 Å². The van der Waals surface area contributed by atoms with Crippen molar-refractivity contribution in [1.29, 1.82) is 0 Å². The number of amides is 1. The Balaban J connectivity index is 1.65. The Morgan fingerprint density at radius 3 is 2.32 bits per heavy atom. The van der Waals surface area contributed by atoms with Gasteiger partial charge in [-0.05, 0) is 83.8 Å². The van der Waals surface area contributed by atoms with Crippen LogP contribution in [0.3, 0.4) is 0 Å². The fourth-order valence-electron chi connectivity index (χ4n) is 4.39. The first kappa shape index (κ1) is 30.0. The molecule has 0 aromatic heterocycles. The Morgan fingerprint density at radius 1 is 1.00 bits per heavy atom. The van der Waals surface area contributed by atoms with Gasteiger partial charge in [0, 0.05) is 12.2 Å². The van der Waals surface area contributed by atoms with Gasteiger partial charge in [0.15, 0.2) is 0 Å². The van der Waals surface area contributed by atoms with Gasteiger partial charge in [-0.15, -0.1) is 0 Å². The van der Waals surface area contributed by atoms with Gasteiger partial charge in [-0.2, -0.15) is 13.2 Å². The van der Waals surface area contributed by atoms with Gasteiger partial charge in [-0.1, -0.05) is 62.4 Å². The van der Waals surface area contributed by atoms with Crippen molar-refractivity contribution in [3.05, 3.63) is 107 Å². The summed E-state index contributed by atoms with van der Waals surface area (Å²) in [6.45, 7) is 5.38. The number of benzene rings is 3. The summed E-state index contributed by atoms with van der Waals surface area (Å²) in [6, 6.07) is 22.2. The van der Waals surface area contributed by atoms with E-state index < -0.39 is 23.5 Å². The van der Waals surface area contributed by atoms with Crippen molar-refractivity contribution in [1.82, 2.24) is 5.32 Å². The molecule has 0 aliphatic heterocycles. The van der Waals surface area contributed by atoms with Gasteiger partial charge >= 0.3 is 6.18 Å². The number of nitrogens with one attached hydrogen (secondary N) is 2. The second-order valence-corrected chi connectivity index (χ2v) is 10.7. The Morgan fingerprint density at radius 2 is 1.66 bits per heavy atom. The lowest BCUT2D eigenvalue weighted by molar-refractivity contribution is -0.110. The van der Waals surface area contributed by atoms with Crippen LogP contribution in [-0.4, -0.2) is 24.3 Å². The second-order valence-electron chi connectivity index (χ2n) is 10.7. The molecule has 1 atom stereocenters. The minimum Gasteiger partial charge on any atom is -0.395 e. The highest BCUT2D eigenvalue weighted by Crippen LogP contribution is 2.32. The van der Waals surface area contributed by atoms with Crippen LogP contribution in [0.2, 0.25) is 0 Å². The number of halogens is 3. The number of anilines is 1. The van der Waals surface area contributed by atoms with Crippen LogP contribution >= 0.6 is 0 Å². The van der Waals surface area contributed by atoms with Gasteiger partial charge in [-0.3, -0.25) is 4.79 Å². The van der Waals surface area contributed by atoms with Crippen LogP contribution in [0.1, 0.15) is 60.9 Å². The molecule has 0 bridgehead atoms. The predicted octanol–water partition coefficient (Wildman–Crippen LogP) is 6.47. The molecular weight excluding hydrogens is 527 g/mol. The van der Waals surface area contributed by atoms with Crippen LogP contribution in [0, 0.1) is 5.92 Å². The van der Waals surface area contributed by atoms with Gasteiger partial charge in [0.1, 0.15) is 11.4 Å². The molecule has 0 spiro atoms. The number of alkyl halides is 3. The van der Waals surface area contributed by atoms with E-state index in [1.165, 1.54) is 18.4 Å². The molecule has 3 aromatic rings. The van der Waals surface area contributed by atoms with E-state index in [-0.39, 0.29) is 18.3 Å². The van der Waals surface area contributed by atoms with E-state index in [1.807, 2.05) is 24.3 Å². The van der Waals surface area contributed by atoms with E-state index in [4.69, 9.17) is 11.5 Å². The van der Waals surface area contributed by atoms with E-state index in [1.54, 1.807) is 30.3 Å². The van der Waals surface area contributed by atoms with Crippen molar-refractivity contribution in [2.45, 2.75) is 51.4 Å². The first-order valence-electron chi connectivity index (χ1n) is 13.7. The summed E-state index contributed by atoms with van der Waals surface area (Å²) >= 11 is 0. The normalized spacial score (nSPS) is 15.2. The number of nitrogens with zero attached hydrogens (tertiary/aromatic N) is 1. The summed E-state index contributed by atoms with van der Waals surface area (Å²) < 4.78 is 39.8. The van der Waals surface area contributed by atoms with Crippen LogP contribution in [-0.2, 0) is 11.3 Å². The molecule has 0 heterocycles. The lowest BCUT2D eigenvalue weighted by Crippen LogP contribution is -2.27. The molecular formula is C32H36F3N5O. The molecule has 1 saturated carbocycles. The topological polar surface area (TPSA) is 106 Å². The molecule has 6 N–H and O–H groups in total. The fraction of sp³-hybridized carbons (Fsp3) is 0.312. The van der Waals surface area contributed by atoms with E-state index in [2.05, 4.69) is 47.7 Å². The van der Waals surface area contributed by atoms with E-state index in [9.17, 15) is 18.0 Å². The Bertz CT molecular complexity index is 1430. The number of carbonyl (C=O) groups is 1. The Kier molecular flexibility index (Phi) is 9.62. The molecule has 1 fully saturated rings. The molecule has 6 nitrogen and oxygen atoms in total. The average Bonchev–Trinajstić information content (AvgIpc) is 3.77. The molecule has 9 heteroatoms. The number of allylic oxidation sites excluding steroid dienone is 1. The first-order chi connectivity index (χ1) is 19.5. The average molecular weight is 564 g/mol. The molecule has 3 aromatic carbocycles. The summed E-state index contributed by atoms with van der Waals surface area (Å²) in [5.41, 5.74) is 13.7. The standard InChI is InChI=1S/C32H36F3N5O/c1-20(2)23-7-4-8-24(15-23)30(38-19-21-12-13-21)25-9-5-11-27(16-25)40-31(41)28(17-29(37)32(33,34)35)39-26-10-3-6-22(14-26)18-36/h3-11,14-17,20-21,30,38H,12-13,18-19,36-37H2,1-2H3,(H,40,41). The zero-order chi connectivity index (χ0) is 29.6. The number of rotatable bonds is 11. The minimum absolute atomic E-state index is 0.126. The van der Waals surface area contributed by atoms with Crippen LogP contribution in [0.15, 0.2) is 89.6 Å². The number of nitrogens with two attached hydrogens (primary N) is 2. The minimum atomic E-state index is -4.81. The van der Waals surface area contributed by atoms with Crippen molar-refractivity contribution >= 4 is 23.0 Å². The summed E-state index contributed by atoms with van der Waals surface area (Å²) in [4.78, 5) is 17.5. The number of hydrogen-bond donors (Lipinski definition) is 4. The van der Waals surface area contributed by atoms with Gasteiger partial charge in [-0.25, -0.2) is 4.99 Å². The van der Waals surface area contributed by atoms with Crippen molar-refractivity contribution in [2.75, 3.05) is 11.9 Å². The summed E-state index contributed by atoms with van der Waals surface area (Å²) in [7, 11) is 0. The molecule has 0 saturated heterocycles. The maximum atomic E-state index is 13.3. The third-order valence-electron chi connectivity index (χ3n) is 6.94. The number of aliphatic imine (C=N–C) groups is 1. The lowest BCUT2D eigenvalue weighted by Gasteiger charge is -2.22. The highest BCUT2D eigenvalue weighted by molar-refractivity contribution is 6.47. The maximum Gasteiger partial charge on any atom is 0.430 e. The van der Waals surface area contributed by atoms with Crippen molar-refractivity contribution < 1.29 is 18.0 Å². The lowest BCUT2D eigenvalue weighted by atomic mass is 9.93. The van der Waals surface area contributed by atoms with E-state index >= 15 is 0 Å². The largest absolute Gasteiger partial charge is 0.430 e. The van der Waals surface area contributed by atoms with E-state index in [0.717, 1.165) is 23.2 Å². The Labute approximate surface area is 238 Å². The molecule has 41 heavy (non-hydrogen) atoms. The third-order valence-corrected chi connectivity index (χ3v) is 6.94. The zero-order valence-corrected chi connectivity index (χ0v) is 23.2. The van der Waals surface area contributed by atoms with Crippen molar-refractivity contribution in [3.63, 3.8) is 0 Å². The molecule has 4 rings (SSSR count). The smallest absolute Gasteiger partial charge is 0.395 e. The van der Waals surface area contributed by atoms with Gasteiger partial charge < -0.3 is 22.1 Å². The summed E-state index contributed by atoms with van der Waals surface area (Å²) in [5.74, 6) is 0.193. The summed E-state index contributed by atoms with van der Waals surface area (Å²) in [5, 5.41) is 6.38. The van der Waals surface area contributed by atoms with Crippen LogP contribution in [0.5, 0.6) is 0 Å². The van der Waals surface area contributed by atoms with Gasteiger partial charge in [0.2, 0.25) is 0 Å². The SMILES string of the molecule is CC(C)c1cccc(C(NCC2CC2)c2cccc(NC(=O)C(C=C(N)C(F)(F)F)=Nc3cccc(CN)c3)c2)c1. The second kappa shape index (κ2) is 13.1. The van der Waals surface area contributed by atoms with Crippen LogP contribution in [0.25, 0.3) is 0 Å². The molecule has 1 aliphatic rings. The highest BCUT2D eigenvalue weighted by atomic mass is 19.4. The number of carbonyl (C=O) groups excluding carboxylic acids is 1. The van der Waals surface area contributed by atoms with E-state index in [0.29, 0.717) is 23.6 Å². The quantitative estimate of drug-likeness (QED) is 0.201. The summed E-state index contributed by atoms with van der Waals surface area (Å²) in [6.07, 6.45) is -1.86. The van der Waals surface area contributed by atoms with Crippen molar-refractivity contribution in [2.24, 2.45) is 22.4 Å².